The molecule has 12 heteroatoms. The highest BCUT2D eigenvalue weighted by Crippen LogP contribution is 2.26. The first kappa shape index (κ1) is 16.2. The normalized spacial score (nSPS) is 10.4. The Balaban J connectivity index is 1.86. The van der Waals surface area contributed by atoms with Gasteiger partial charge in [-0.15, -0.1) is 16.4 Å². The van der Waals surface area contributed by atoms with Crippen LogP contribution in [0, 0.1) is 20.2 Å². The summed E-state index contributed by atoms with van der Waals surface area (Å²) < 4.78 is 5.26. The Hall–Kier alpha value is -3.67. The smallest absolute Gasteiger partial charge is 0.322 e. The Labute approximate surface area is 142 Å². The van der Waals surface area contributed by atoms with Crippen molar-refractivity contribution in [2.75, 3.05) is 5.32 Å². The molecule has 0 fully saturated rings. The number of benzene rings is 1. The number of thiophene rings is 1. The molecule has 3 rings (SSSR count). The maximum Gasteiger partial charge on any atom is 0.322 e. The van der Waals surface area contributed by atoms with Gasteiger partial charge in [0.1, 0.15) is 0 Å². The highest BCUT2D eigenvalue weighted by Gasteiger charge is 2.21. The number of aromatic nitrogens is 2. The van der Waals surface area contributed by atoms with Crippen LogP contribution in [0.15, 0.2) is 40.1 Å². The number of rotatable bonds is 5. The van der Waals surface area contributed by atoms with Crippen LogP contribution in [0.3, 0.4) is 0 Å². The molecule has 11 nitrogen and oxygen atoms in total. The summed E-state index contributed by atoms with van der Waals surface area (Å²) in [4.78, 5) is 32.9. The van der Waals surface area contributed by atoms with Gasteiger partial charge in [0.15, 0.2) is 0 Å². The second-order valence-electron chi connectivity index (χ2n) is 4.60. The number of nitrogens with one attached hydrogen (secondary N) is 1. The molecule has 0 unspecified atom stereocenters. The van der Waals surface area contributed by atoms with E-state index in [1.54, 1.807) is 17.5 Å². The van der Waals surface area contributed by atoms with Gasteiger partial charge in [-0.3, -0.25) is 30.3 Å². The number of carbonyl (C=O) groups excluding carboxylic acids is 1. The van der Waals surface area contributed by atoms with Crippen LogP contribution >= 0.6 is 11.3 Å². The first-order valence-electron chi connectivity index (χ1n) is 6.56. The van der Waals surface area contributed by atoms with Crippen LogP contribution in [0.4, 0.5) is 17.4 Å². The molecule has 2 aromatic heterocycles. The van der Waals surface area contributed by atoms with Crippen LogP contribution in [0.1, 0.15) is 10.4 Å². The molecule has 3 aromatic rings. The van der Waals surface area contributed by atoms with Crippen LogP contribution in [0.2, 0.25) is 0 Å². The molecule has 25 heavy (non-hydrogen) atoms. The molecule has 1 N–H and O–H groups in total. The SMILES string of the molecule is O=C(Nc1nnc(-c2cccs2)o1)c1cc([N+](=O)[O-])cc([N+](=O)[O-])c1. The molecule has 1 aromatic carbocycles. The van der Waals surface area contributed by atoms with Crippen molar-refractivity contribution in [2.24, 2.45) is 0 Å². The molecule has 0 bridgehead atoms. The summed E-state index contributed by atoms with van der Waals surface area (Å²) in [5, 5.41) is 33.2. The number of carbonyl (C=O) groups is 1. The Kier molecular flexibility index (Phi) is 4.18. The second-order valence-corrected chi connectivity index (χ2v) is 5.54. The second kappa shape index (κ2) is 6.45. The number of nitro benzene ring substituents is 2. The van der Waals surface area contributed by atoms with Crippen molar-refractivity contribution in [1.82, 2.24) is 10.2 Å². The number of nitro groups is 2. The Morgan fingerprint density at radius 3 is 2.36 bits per heavy atom. The fourth-order valence-corrected chi connectivity index (χ4v) is 2.52. The predicted octanol–water partition coefficient (Wildman–Crippen LogP) is 2.87. The molecule has 0 spiro atoms. The quantitative estimate of drug-likeness (QED) is 0.537. The molecular formula is C13H7N5O6S. The molecule has 0 aliphatic carbocycles. The van der Waals surface area contributed by atoms with Crippen LogP contribution < -0.4 is 5.32 Å². The van der Waals surface area contributed by atoms with E-state index in [9.17, 15) is 25.0 Å². The van der Waals surface area contributed by atoms with Crippen molar-refractivity contribution in [1.29, 1.82) is 0 Å². The fraction of sp³-hybridized carbons (Fsp3) is 0. The lowest BCUT2D eigenvalue weighted by molar-refractivity contribution is -0.394. The van der Waals surface area contributed by atoms with E-state index in [1.165, 1.54) is 11.3 Å². The van der Waals surface area contributed by atoms with Crippen molar-refractivity contribution < 1.29 is 19.1 Å². The van der Waals surface area contributed by atoms with Crippen molar-refractivity contribution in [3.63, 3.8) is 0 Å². The van der Waals surface area contributed by atoms with E-state index in [1.807, 2.05) is 0 Å². The topological polar surface area (TPSA) is 154 Å². The first-order valence-corrected chi connectivity index (χ1v) is 7.44. The monoisotopic (exact) mass is 361 g/mol. The minimum atomic E-state index is -0.854. The lowest BCUT2D eigenvalue weighted by Crippen LogP contribution is -2.13. The van der Waals surface area contributed by atoms with Gasteiger partial charge in [0, 0.05) is 12.1 Å². The molecule has 0 aliphatic rings. The lowest BCUT2D eigenvalue weighted by atomic mass is 10.1. The molecular weight excluding hydrogens is 354 g/mol. The maximum absolute atomic E-state index is 12.2. The van der Waals surface area contributed by atoms with Gasteiger partial charge >= 0.3 is 6.01 Å². The number of amides is 1. The zero-order chi connectivity index (χ0) is 18.0. The van der Waals surface area contributed by atoms with Gasteiger partial charge in [-0.2, -0.15) is 0 Å². The molecule has 0 radical (unpaired) electrons. The lowest BCUT2D eigenvalue weighted by Gasteiger charge is -2.01. The molecule has 0 saturated heterocycles. The summed E-state index contributed by atoms with van der Waals surface area (Å²) in [5.74, 6) is -0.663. The highest BCUT2D eigenvalue weighted by molar-refractivity contribution is 7.13. The minimum absolute atomic E-state index is 0.190. The van der Waals surface area contributed by atoms with E-state index < -0.39 is 27.1 Å². The highest BCUT2D eigenvalue weighted by atomic mass is 32.1. The molecule has 126 valence electrons. The van der Waals surface area contributed by atoms with E-state index in [0.717, 1.165) is 18.2 Å². The van der Waals surface area contributed by atoms with E-state index in [0.29, 0.717) is 4.88 Å². The van der Waals surface area contributed by atoms with E-state index in [4.69, 9.17) is 4.42 Å². The van der Waals surface area contributed by atoms with Crippen molar-refractivity contribution in [3.8, 4) is 10.8 Å². The zero-order valence-corrected chi connectivity index (χ0v) is 12.9. The van der Waals surface area contributed by atoms with Crippen LogP contribution in [0.25, 0.3) is 10.8 Å². The number of hydrogen-bond acceptors (Lipinski definition) is 9. The molecule has 2 heterocycles. The summed E-state index contributed by atoms with van der Waals surface area (Å²) >= 11 is 1.36. The summed E-state index contributed by atoms with van der Waals surface area (Å²) in [6.07, 6.45) is 0. The van der Waals surface area contributed by atoms with E-state index in [2.05, 4.69) is 15.5 Å². The average molecular weight is 361 g/mol. The van der Waals surface area contributed by atoms with Gasteiger partial charge in [-0.25, -0.2) is 0 Å². The van der Waals surface area contributed by atoms with Gasteiger partial charge in [0.2, 0.25) is 0 Å². The van der Waals surface area contributed by atoms with Gasteiger partial charge in [-0.05, 0) is 11.4 Å². The standard InChI is InChI=1S/C13H7N5O6S/c19-11(7-4-8(17(20)21)6-9(5-7)18(22)23)14-13-16-15-12(24-13)10-2-1-3-25-10/h1-6H,(H,14,16,19). The summed E-state index contributed by atoms with van der Waals surface area (Å²) in [7, 11) is 0. The number of non-ortho nitro benzene ring substituents is 2. The van der Waals surface area contributed by atoms with Crippen molar-refractivity contribution in [3.05, 3.63) is 61.5 Å². The van der Waals surface area contributed by atoms with E-state index in [-0.39, 0.29) is 17.5 Å². The first-order chi connectivity index (χ1) is 11.9. The maximum atomic E-state index is 12.2. The molecule has 0 saturated carbocycles. The Morgan fingerprint density at radius 1 is 1.12 bits per heavy atom. The third-order valence-corrected chi connectivity index (χ3v) is 3.82. The largest absolute Gasteiger partial charge is 0.402 e. The summed E-state index contributed by atoms with van der Waals surface area (Å²) in [5.41, 5.74) is -1.44. The summed E-state index contributed by atoms with van der Waals surface area (Å²) in [6.45, 7) is 0. The average Bonchev–Trinajstić information content (AvgIpc) is 3.25. The van der Waals surface area contributed by atoms with Crippen LogP contribution in [-0.4, -0.2) is 26.0 Å². The number of hydrogen-bond donors (Lipinski definition) is 1. The van der Waals surface area contributed by atoms with Crippen molar-refractivity contribution >= 4 is 34.6 Å². The third kappa shape index (κ3) is 3.48. The van der Waals surface area contributed by atoms with E-state index >= 15 is 0 Å². The Bertz CT molecular complexity index is 935. The number of nitrogens with zero attached hydrogens (tertiary/aromatic N) is 4. The molecule has 0 aliphatic heterocycles. The minimum Gasteiger partial charge on any atom is -0.402 e. The van der Waals surface area contributed by atoms with Gasteiger partial charge < -0.3 is 4.42 Å². The van der Waals surface area contributed by atoms with Crippen molar-refractivity contribution in [2.45, 2.75) is 0 Å². The van der Waals surface area contributed by atoms with Gasteiger partial charge in [0.25, 0.3) is 23.2 Å². The third-order valence-electron chi connectivity index (χ3n) is 2.96. The Morgan fingerprint density at radius 2 is 1.80 bits per heavy atom. The predicted molar refractivity (Wildman–Crippen MR) is 85.3 cm³/mol. The van der Waals surface area contributed by atoms with Crippen LogP contribution in [0.5, 0.6) is 0 Å². The zero-order valence-electron chi connectivity index (χ0n) is 12.1. The molecule has 0 atom stereocenters. The number of anilines is 1. The summed E-state index contributed by atoms with van der Waals surface area (Å²) in [6, 6.07) is 5.89. The van der Waals surface area contributed by atoms with Crippen LogP contribution in [-0.2, 0) is 0 Å². The fourth-order valence-electron chi connectivity index (χ4n) is 1.88. The van der Waals surface area contributed by atoms with Gasteiger partial charge in [0.05, 0.1) is 26.4 Å². The van der Waals surface area contributed by atoms with Gasteiger partial charge in [-0.1, -0.05) is 11.2 Å². The molecule has 1 amide bonds.